The first-order valence-electron chi connectivity index (χ1n) is 11.1. The van der Waals surface area contributed by atoms with Crippen molar-refractivity contribution >= 4 is 5.96 Å². The van der Waals surface area contributed by atoms with Gasteiger partial charge in [-0.3, -0.25) is 9.89 Å². The van der Waals surface area contributed by atoms with Gasteiger partial charge < -0.3 is 19.5 Å². The fraction of sp³-hybridized carbons (Fsp3) is 0.850. The Morgan fingerprint density at radius 2 is 2.04 bits per heavy atom. The summed E-state index contributed by atoms with van der Waals surface area (Å²) in [7, 11) is 0. The second-order valence-corrected chi connectivity index (χ2v) is 8.02. The second kappa shape index (κ2) is 9.69. The van der Waals surface area contributed by atoms with Gasteiger partial charge in [-0.15, -0.1) is 10.2 Å². The van der Waals surface area contributed by atoms with Crippen LogP contribution in [0.3, 0.4) is 0 Å². The van der Waals surface area contributed by atoms with E-state index in [-0.39, 0.29) is 0 Å². The molecule has 4 rings (SSSR count). The Balaban J connectivity index is 1.34. The van der Waals surface area contributed by atoms with Crippen molar-refractivity contribution < 1.29 is 4.74 Å². The number of morpholine rings is 1. The molecule has 2 saturated heterocycles. The second-order valence-electron chi connectivity index (χ2n) is 8.02. The molecule has 1 aromatic rings. The first kappa shape index (κ1) is 19.6. The number of nitrogens with one attached hydrogen (secondary N) is 1. The standard InChI is InChI=1S/C20H35N7O/c1-2-21-20(26-11-8-17(16-26)25-12-14-28-15-13-25)22-9-7-19-24-23-18-6-4-3-5-10-27(18)19/h17H,2-16H2,1H3,(H,21,22). The number of hydrogen-bond donors (Lipinski definition) is 1. The molecule has 8 nitrogen and oxygen atoms in total. The van der Waals surface area contributed by atoms with Gasteiger partial charge in [-0.05, 0) is 26.2 Å². The van der Waals surface area contributed by atoms with Crippen molar-refractivity contribution in [2.75, 3.05) is 52.5 Å². The Labute approximate surface area is 168 Å². The highest BCUT2D eigenvalue weighted by Crippen LogP contribution is 2.18. The summed E-state index contributed by atoms with van der Waals surface area (Å²) in [5.74, 6) is 3.31. The van der Waals surface area contributed by atoms with E-state index in [4.69, 9.17) is 9.73 Å². The van der Waals surface area contributed by atoms with E-state index in [1.54, 1.807) is 0 Å². The number of nitrogens with zero attached hydrogens (tertiary/aromatic N) is 6. The molecule has 28 heavy (non-hydrogen) atoms. The highest BCUT2D eigenvalue weighted by Gasteiger charge is 2.30. The third-order valence-corrected chi connectivity index (χ3v) is 6.14. The molecular formula is C20H35N7O. The normalized spacial score (nSPS) is 24.2. The lowest BCUT2D eigenvalue weighted by atomic mass is 10.2. The van der Waals surface area contributed by atoms with Gasteiger partial charge in [0, 0.05) is 64.7 Å². The van der Waals surface area contributed by atoms with Crippen molar-refractivity contribution in [2.45, 2.75) is 58.0 Å². The number of likely N-dealkylation sites (tertiary alicyclic amines) is 1. The summed E-state index contributed by atoms with van der Waals surface area (Å²) >= 11 is 0. The van der Waals surface area contributed by atoms with Crippen molar-refractivity contribution in [3.63, 3.8) is 0 Å². The van der Waals surface area contributed by atoms with Crippen LogP contribution in [0.1, 0.15) is 44.3 Å². The predicted molar refractivity (Wildman–Crippen MR) is 110 cm³/mol. The average molecular weight is 390 g/mol. The molecule has 156 valence electrons. The number of ether oxygens (including phenoxy) is 1. The minimum absolute atomic E-state index is 0.625. The highest BCUT2D eigenvalue weighted by atomic mass is 16.5. The lowest BCUT2D eigenvalue weighted by Gasteiger charge is -2.32. The van der Waals surface area contributed by atoms with Gasteiger partial charge in [0.25, 0.3) is 0 Å². The molecule has 0 spiro atoms. The zero-order valence-electron chi connectivity index (χ0n) is 17.3. The monoisotopic (exact) mass is 389 g/mol. The molecule has 8 heteroatoms. The molecule has 0 amide bonds. The van der Waals surface area contributed by atoms with Crippen molar-refractivity contribution in [3.8, 4) is 0 Å². The highest BCUT2D eigenvalue weighted by molar-refractivity contribution is 5.80. The lowest BCUT2D eigenvalue weighted by Crippen LogP contribution is -2.46. The first-order valence-corrected chi connectivity index (χ1v) is 11.1. The largest absolute Gasteiger partial charge is 0.379 e. The molecule has 0 bridgehead atoms. The molecule has 4 heterocycles. The molecule has 0 aliphatic carbocycles. The third kappa shape index (κ3) is 4.66. The number of guanidine groups is 1. The van der Waals surface area contributed by atoms with Gasteiger partial charge in [0.05, 0.1) is 13.2 Å². The minimum atomic E-state index is 0.625. The molecular weight excluding hydrogens is 354 g/mol. The summed E-state index contributed by atoms with van der Waals surface area (Å²) in [4.78, 5) is 9.94. The van der Waals surface area contributed by atoms with Crippen LogP contribution < -0.4 is 5.32 Å². The molecule has 1 atom stereocenters. The number of aromatic nitrogens is 3. The summed E-state index contributed by atoms with van der Waals surface area (Å²) in [6, 6.07) is 0.625. The van der Waals surface area contributed by atoms with Crippen LogP contribution in [0.2, 0.25) is 0 Å². The number of hydrogen-bond acceptors (Lipinski definition) is 5. The fourth-order valence-electron chi connectivity index (χ4n) is 4.59. The predicted octanol–water partition coefficient (Wildman–Crippen LogP) is 0.919. The average Bonchev–Trinajstić information content (AvgIpc) is 3.30. The maximum atomic E-state index is 5.50. The van der Waals surface area contributed by atoms with Crippen molar-refractivity contribution in [1.82, 2.24) is 29.9 Å². The summed E-state index contributed by atoms with van der Waals surface area (Å²) in [6.45, 7) is 10.9. The quantitative estimate of drug-likeness (QED) is 0.597. The van der Waals surface area contributed by atoms with Crippen LogP contribution in [-0.2, 0) is 24.1 Å². The number of fused-ring (bicyclic) bond motifs is 1. The zero-order chi connectivity index (χ0) is 19.2. The van der Waals surface area contributed by atoms with Crippen LogP contribution >= 0.6 is 0 Å². The van der Waals surface area contributed by atoms with Gasteiger partial charge in [0.2, 0.25) is 0 Å². The minimum Gasteiger partial charge on any atom is -0.379 e. The molecule has 0 radical (unpaired) electrons. The first-order chi connectivity index (χ1) is 13.8. The Kier molecular flexibility index (Phi) is 6.80. The van der Waals surface area contributed by atoms with Crippen LogP contribution in [0, 0.1) is 0 Å². The molecule has 1 N–H and O–H groups in total. The Bertz CT molecular complexity index is 653. The molecule has 3 aliphatic heterocycles. The zero-order valence-corrected chi connectivity index (χ0v) is 17.3. The van der Waals surface area contributed by atoms with E-state index in [1.165, 1.54) is 25.7 Å². The van der Waals surface area contributed by atoms with E-state index >= 15 is 0 Å². The summed E-state index contributed by atoms with van der Waals surface area (Å²) in [6.07, 6.45) is 6.91. The fourth-order valence-corrected chi connectivity index (χ4v) is 4.59. The smallest absolute Gasteiger partial charge is 0.193 e. The van der Waals surface area contributed by atoms with E-state index in [9.17, 15) is 0 Å². The van der Waals surface area contributed by atoms with Crippen molar-refractivity contribution in [1.29, 1.82) is 0 Å². The molecule has 2 fully saturated rings. The van der Waals surface area contributed by atoms with Crippen LogP contribution in [0.15, 0.2) is 4.99 Å². The number of aliphatic imine (C=N–C) groups is 1. The van der Waals surface area contributed by atoms with Gasteiger partial charge >= 0.3 is 0 Å². The van der Waals surface area contributed by atoms with Crippen LogP contribution in [0.25, 0.3) is 0 Å². The summed E-state index contributed by atoms with van der Waals surface area (Å²) in [5.41, 5.74) is 0. The lowest BCUT2D eigenvalue weighted by molar-refractivity contribution is 0.0195. The van der Waals surface area contributed by atoms with E-state index in [0.29, 0.717) is 6.04 Å². The summed E-state index contributed by atoms with van der Waals surface area (Å²) in [5, 5.41) is 12.3. The SMILES string of the molecule is CCNC(=NCCc1nnc2n1CCCCC2)N1CCC(N2CCOCC2)C1. The molecule has 3 aliphatic rings. The molecule has 0 aromatic carbocycles. The van der Waals surface area contributed by atoms with Crippen LogP contribution in [0.4, 0.5) is 0 Å². The Hall–Kier alpha value is -1.67. The third-order valence-electron chi connectivity index (χ3n) is 6.14. The van der Waals surface area contributed by atoms with Crippen LogP contribution in [0.5, 0.6) is 0 Å². The van der Waals surface area contributed by atoms with Gasteiger partial charge in [0.1, 0.15) is 11.6 Å². The van der Waals surface area contributed by atoms with Crippen molar-refractivity contribution in [2.24, 2.45) is 4.99 Å². The maximum Gasteiger partial charge on any atom is 0.193 e. The number of aryl methyl sites for hydroxylation is 1. The van der Waals surface area contributed by atoms with Gasteiger partial charge in [-0.2, -0.15) is 0 Å². The Morgan fingerprint density at radius 1 is 1.14 bits per heavy atom. The van der Waals surface area contributed by atoms with Gasteiger partial charge in [-0.1, -0.05) is 6.42 Å². The molecule has 0 saturated carbocycles. The van der Waals surface area contributed by atoms with E-state index in [2.05, 4.69) is 36.8 Å². The Morgan fingerprint density at radius 3 is 2.89 bits per heavy atom. The molecule has 1 aromatic heterocycles. The topological polar surface area (TPSA) is 70.8 Å². The van der Waals surface area contributed by atoms with Crippen LogP contribution in [-0.4, -0.2) is 89.0 Å². The summed E-state index contributed by atoms with van der Waals surface area (Å²) < 4.78 is 7.84. The van der Waals surface area contributed by atoms with E-state index in [0.717, 1.165) is 89.5 Å². The van der Waals surface area contributed by atoms with Gasteiger partial charge in [-0.25, -0.2) is 0 Å². The van der Waals surface area contributed by atoms with E-state index < -0.39 is 0 Å². The maximum absolute atomic E-state index is 5.50. The van der Waals surface area contributed by atoms with Gasteiger partial charge in [0.15, 0.2) is 5.96 Å². The van der Waals surface area contributed by atoms with E-state index in [1.807, 2.05) is 0 Å². The molecule has 1 unspecified atom stereocenters. The number of rotatable bonds is 5. The van der Waals surface area contributed by atoms with Crippen molar-refractivity contribution in [3.05, 3.63) is 11.6 Å².